The van der Waals surface area contributed by atoms with Crippen LogP contribution >= 0.6 is 0 Å². The van der Waals surface area contributed by atoms with Crippen molar-refractivity contribution in [3.05, 3.63) is 33.9 Å². The average Bonchev–Trinajstić information content (AvgIpc) is 3.45. The number of hydrogen-bond acceptors (Lipinski definition) is 4. The normalized spacial score (nSPS) is 40.5. The van der Waals surface area contributed by atoms with Crippen LogP contribution in [0.25, 0.3) is 0 Å². The van der Waals surface area contributed by atoms with E-state index in [0.29, 0.717) is 59.8 Å². The Morgan fingerprint density at radius 2 is 1.92 bits per heavy atom. The molecule has 6 heteroatoms. The number of hydrogen-bond donors (Lipinski definition) is 1. The molecule has 0 aromatic heterocycles. The van der Waals surface area contributed by atoms with Crippen LogP contribution in [0.2, 0.25) is 0 Å². The van der Waals surface area contributed by atoms with Crippen molar-refractivity contribution in [3.63, 3.8) is 0 Å². The Kier molecular flexibility index (Phi) is 6.41. The Bertz CT molecular complexity index is 1070. The van der Waals surface area contributed by atoms with E-state index in [0.717, 1.165) is 30.5 Å². The quantitative estimate of drug-likeness (QED) is 0.355. The van der Waals surface area contributed by atoms with Crippen LogP contribution < -0.4 is 4.90 Å². The molecule has 1 aliphatic heterocycles. The number of nitrogens with zero attached hydrogens (tertiary/aromatic N) is 2. The second-order valence-electron chi connectivity index (χ2n) is 13.6. The van der Waals surface area contributed by atoms with Gasteiger partial charge in [0.1, 0.15) is 0 Å². The predicted octanol–water partition coefficient (Wildman–Crippen LogP) is 6.67. The van der Waals surface area contributed by atoms with Gasteiger partial charge >= 0.3 is 0 Å². The topological polar surface area (TPSA) is 83.7 Å². The summed E-state index contributed by atoms with van der Waals surface area (Å²) in [6, 6.07) is 4.87. The number of aliphatic hydroxyl groups excluding tert-OH is 1. The summed E-state index contributed by atoms with van der Waals surface area (Å²) in [7, 11) is 0. The number of carbonyl (C=O) groups is 1. The van der Waals surface area contributed by atoms with Gasteiger partial charge in [-0.3, -0.25) is 14.9 Å². The first-order valence-corrected chi connectivity index (χ1v) is 15.0. The third kappa shape index (κ3) is 4.04. The summed E-state index contributed by atoms with van der Waals surface area (Å²) < 4.78 is 0. The summed E-state index contributed by atoms with van der Waals surface area (Å²) >= 11 is 0. The van der Waals surface area contributed by atoms with Crippen LogP contribution in [0, 0.1) is 50.5 Å². The first-order valence-electron chi connectivity index (χ1n) is 15.0. The molecule has 8 atom stereocenters. The molecule has 1 aromatic rings. The fourth-order valence-corrected chi connectivity index (χ4v) is 10.2. The molecule has 1 aromatic carbocycles. The van der Waals surface area contributed by atoms with Gasteiger partial charge in [0.15, 0.2) is 0 Å². The van der Waals surface area contributed by atoms with Crippen LogP contribution in [-0.2, 0) is 11.2 Å². The van der Waals surface area contributed by atoms with E-state index in [2.05, 4.69) is 13.8 Å². The summed E-state index contributed by atoms with van der Waals surface area (Å²) in [6.07, 6.45) is 14.5. The number of carbonyl (C=O) groups excluding carboxylic acids is 1. The highest BCUT2D eigenvalue weighted by atomic mass is 16.6. The summed E-state index contributed by atoms with van der Waals surface area (Å²) in [5.41, 5.74) is 2.58. The lowest BCUT2D eigenvalue weighted by Crippen LogP contribution is -2.57. The molecule has 0 spiro atoms. The number of benzene rings is 1. The number of nitro benzene ring substituents is 1. The largest absolute Gasteiger partial charge is 0.393 e. The molecule has 4 aliphatic carbocycles. The van der Waals surface area contributed by atoms with Crippen molar-refractivity contribution in [2.24, 2.45) is 40.4 Å². The smallest absolute Gasteiger partial charge is 0.269 e. The Hall–Kier alpha value is -1.95. The van der Waals surface area contributed by atoms with E-state index < -0.39 is 0 Å². The number of aliphatic hydroxyl groups is 1. The fourth-order valence-electron chi connectivity index (χ4n) is 10.2. The van der Waals surface area contributed by atoms with Gasteiger partial charge < -0.3 is 10.0 Å². The van der Waals surface area contributed by atoms with Crippen molar-refractivity contribution in [1.29, 1.82) is 0 Å². The molecular formula is C31H44N2O4. The third-order valence-electron chi connectivity index (χ3n) is 12.2. The van der Waals surface area contributed by atoms with Crippen molar-refractivity contribution in [2.75, 3.05) is 11.4 Å². The predicted molar refractivity (Wildman–Crippen MR) is 144 cm³/mol. The number of anilines is 1. The van der Waals surface area contributed by atoms with Crippen LogP contribution in [0.5, 0.6) is 0 Å². The number of fused-ring (bicyclic) bond motifs is 6. The van der Waals surface area contributed by atoms with Crippen molar-refractivity contribution < 1.29 is 14.8 Å². The van der Waals surface area contributed by atoms with Crippen molar-refractivity contribution in [1.82, 2.24) is 0 Å². The zero-order valence-electron chi connectivity index (χ0n) is 22.7. The van der Waals surface area contributed by atoms with Gasteiger partial charge in [0.05, 0.1) is 11.0 Å². The van der Waals surface area contributed by atoms with E-state index >= 15 is 0 Å². The molecule has 1 amide bonds. The molecule has 0 saturated heterocycles. The van der Waals surface area contributed by atoms with Crippen LogP contribution in [-0.4, -0.2) is 28.6 Å². The number of nitro groups is 1. The lowest BCUT2D eigenvalue weighted by atomic mass is 9.44. The van der Waals surface area contributed by atoms with Crippen LogP contribution in [0.15, 0.2) is 18.2 Å². The SMILES string of the molecule is CC12CCC3C(C(O)CC4CCCCC43C)C1CCC2CCCC(=O)N1CCc2cc([N+](=O)[O-])ccc21. The van der Waals surface area contributed by atoms with E-state index in [9.17, 15) is 20.0 Å². The lowest BCUT2D eigenvalue weighted by molar-refractivity contribution is -0.384. The molecule has 0 radical (unpaired) electrons. The Morgan fingerprint density at radius 3 is 2.73 bits per heavy atom. The summed E-state index contributed by atoms with van der Waals surface area (Å²) in [5.74, 6) is 3.29. The molecule has 8 unspecified atom stereocenters. The van der Waals surface area contributed by atoms with Gasteiger partial charge in [0, 0.05) is 30.8 Å². The van der Waals surface area contributed by atoms with E-state index in [1.165, 1.54) is 57.4 Å². The fraction of sp³-hybridized carbons (Fsp3) is 0.774. The molecule has 5 aliphatic rings. The summed E-state index contributed by atoms with van der Waals surface area (Å²) in [4.78, 5) is 25.7. The minimum Gasteiger partial charge on any atom is -0.393 e. The van der Waals surface area contributed by atoms with E-state index in [1.807, 2.05) is 4.90 Å². The zero-order valence-corrected chi connectivity index (χ0v) is 22.7. The van der Waals surface area contributed by atoms with Gasteiger partial charge in [-0.1, -0.05) is 26.7 Å². The monoisotopic (exact) mass is 508 g/mol. The zero-order chi connectivity index (χ0) is 25.9. The molecular weight excluding hydrogens is 464 g/mol. The first-order chi connectivity index (χ1) is 17.7. The molecule has 37 heavy (non-hydrogen) atoms. The highest BCUT2D eigenvalue weighted by Crippen LogP contribution is 2.67. The summed E-state index contributed by atoms with van der Waals surface area (Å²) in [5, 5.41) is 22.5. The highest BCUT2D eigenvalue weighted by molar-refractivity contribution is 5.95. The van der Waals surface area contributed by atoms with E-state index in [4.69, 9.17) is 0 Å². The molecule has 0 bridgehead atoms. The van der Waals surface area contributed by atoms with Gasteiger partial charge in [-0.05, 0) is 116 Å². The summed E-state index contributed by atoms with van der Waals surface area (Å²) in [6.45, 7) is 5.70. The molecule has 1 N–H and O–H groups in total. The molecule has 6 nitrogen and oxygen atoms in total. The number of non-ortho nitro benzene ring substituents is 1. The van der Waals surface area contributed by atoms with Crippen molar-refractivity contribution in [3.8, 4) is 0 Å². The van der Waals surface area contributed by atoms with Crippen LogP contribution in [0.1, 0.15) is 96.5 Å². The van der Waals surface area contributed by atoms with Crippen molar-refractivity contribution >= 4 is 17.3 Å². The van der Waals surface area contributed by atoms with E-state index in [1.54, 1.807) is 12.1 Å². The standard InChI is InChI=1S/C31H44N2O4/c1-30-15-4-3-6-22(30)19-27(34)29-24-11-9-21(31(24,2)16-13-25(29)30)7-5-8-28(35)32-17-14-20-18-23(33(36)37)10-12-26(20)32/h10,12,18,21-22,24-25,27,29,34H,3-9,11,13-17,19H2,1-2H3. The van der Waals surface area contributed by atoms with Gasteiger partial charge in [-0.2, -0.15) is 0 Å². The molecule has 4 fully saturated rings. The Morgan fingerprint density at radius 1 is 1.11 bits per heavy atom. The third-order valence-corrected chi connectivity index (χ3v) is 12.2. The van der Waals surface area contributed by atoms with Gasteiger partial charge in [0.25, 0.3) is 5.69 Å². The Labute approximate surface area is 221 Å². The first kappa shape index (κ1) is 25.3. The minimum atomic E-state index is -0.367. The molecule has 1 heterocycles. The van der Waals surface area contributed by atoms with Crippen LogP contribution in [0.3, 0.4) is 0 Å². The maximum Gasteiger partial charge on any atom is 0.269 e. The van der Waals surface area contributed by atoms with Gasteiger partial charge in [-0.25, -0.2) is 0 Å². The lowest BCUT2D eigenvalue weighted by Gasteiger charge is -2.62. The van der Waals surface area contributed by atoms with Crippen LogP contribution in [0.4, 0.5) is 11.4 Å². The second kappa shape index (κ2) is 9.36. The average molecular weight is 509 g/mol. The minimum absolute atomic E-state index is 0.0999. The van der Waals surface area contributed by atoms with Gasteiger partial charge in [-0.15, -0.1) is 0 Å². The second-order valence-corrected chi connectivity index (χ2v) is 13.6. The molecule has 6 rings (SSSR count). The molecule has 202 valence electrons. The maximum absolute atomic E-state index is 13.1. The Balaban J connectivity index is 1.09. The maximum atomic E-state index is 13.1. The molecule has 4 saturated carbocycles. The number of amides is 1. The van der Waals surface area contributed by atoms with E-state index in [-0.39, 0.29) is 22.6 Å². The number of rotatable bonds is 5. The van der Waals surface area contributed by atoms with Crippen molar-refractivity contribution in [2.45, 2.75) is 103 Å². The highest BCUT2D eigenvalue weighted by Gasteiger charge is 2.61. The van der Waals surface area contributed by atoms with Gasteiger partial charge in [0.2, 0.25) is 5.91 Å².